The van der Waals surface area contributed by atoms with E-state index in [2.05, 4.69) is 10.3 Å². The van der Waals surface area contributed by atoms with E-state index in [9.17, 15) is 4.79 Å². The lowest BCUT2D eigenvalue weighted by Gasteiger charge is -2.05. The molecule has 0 atom stereocenters. The molecule has 4 heteroatoms. The van der Waals surface area contributed by atoms with Crippen molar-refractivity contribution in [3.8, 4) is 11.1 Å². The van der Waals surface area contributed by atoms with Crippen LogP contribution in [0.3, 0.4) is 0 Å². The van der Waals surface area contributed by atoms with E-state index in [1.165, 1.54) is 0 Å². The summed E-state index contributed by atoms with van der Waals surface area (Å²) in [6, 6.07) is 11.2. The molecule has 17 heavy (non-hydrogen) atoms. The van der Waals surface area contributed by atoms with Crippen molar-refractivity contribution in [1.29, 1.82) is 0 Å². The summed E-state index contributed by atoms with van der Waals surface area (Å²) in [5.74, 6) is -0.415. The summed E-state index contributed by atoms with van der Waals surface area (Å²) in [5, 5.41) is 11.2. The van der Waals surface area contributed by atoms with Crippen LogP contribution in [0.4, 0.5) is 5.69 Å². The van der Waals surface area contributed by atoms with Gasteiger partial charge < -0.3 is 10.4 Å². The molecule has 1 amide bonds. The molecule has 2 rings (SSSR count). The third-order valence-electron chi connectivity index (χ3n) is 2.33. The molecule has 0 aliphatic carbocycles. The van der Waals surface area contributed by atoms with Gasteiger partial charge in [-0.3, -0.25) is 9.78 Å². The van der Waals surface area contributed by atoms with Crippen LogP contribution in [-0.4, -0.2) is 22.6 Å². The summed E-state index contributed by atoms with van der Waals surface area (Å²) in [6.07, 6.45) is 3.47. The molecule has 4 nitrogen and oxygen atoms in total. The van der Waals surface area contributed by atoms with Gasteiger partial charge in [-0.15, -0.1) is 0 Å². The van der Waals surface area contributed by atoms with Gasteiger partial charge in [-0.25, -0.2) is 0 Å². The topological polar surface area (TPSA) is 62.2 Å². The maximum absolute atomic E-state index is 11.0. The lowest BCUT2D eigenvalue weighted by atomic mass is 10.1. The van der Waals surface area contributed by atoms with Crippen LogP contribution < -0.4 is 5.32 Å². The molecule has 0 saturated carbocycles. The van der Waals surface area contributed by atoms with E-state index in [-0.39, 0.29) is 0 Å². The third-order valence-corrected chi connectivity index (χ3v) is 2.33. The van der Waals surface area contributed by atoms with Crippen molar-refractivity contribution < 1.29 is 9.90 Å². The molecular formula is C13H12N2O2. The minimum Gasteiger partial charge on any atom is -0.387 e. The number of amides is 1. The Kier molecular flexibility index (Phi) is 3.47. The Labute approximate surface area is 98.9 Å². The van der Waals surface area contributed by atoms with Gasteiger partial charge in [0.15, 0.2) is 0 Å². The molecule has 0 aliphatic rings. The number of aliphatic hydroxyl groups is 1. The quantitative estimate of drug-likeness (QED) is 0.840. The van der Waals surface area contributed by atoms with Gasteiger partial charge in [-0.05, 0) is 35.4 Å². The second-order valence-corrected chi connectivity index (χ2v) is 3.52. The molecule has 1 aromatic heterocycles. The van der Waals surface area contributed by atoms with Crippen LogP contribution in [0.25, 0.3) is 11.1 Å². The number of nitrogens with zero attached hydrogens (tertiary/aromatic N) is 1. The van der Waals surface area contributed by atoms with Gasteiger partial charge in [0.05, 0.1) is 0 Å². The van der Waals surface area contributed by atoms with Crippen molar-refractivity contribution in [2.45, 2.75) is 0 Å². The number of benzene rings is 1. The van der Waals surface area contributed by atoms with E-state index in [0.29, 0.717) is 5.69 Å². The maximum atomic E-state index is 11.0. The number of carbonyl (C=O) groups is 1. The highest BCUT2D eigenvalue weighted by molar-refractivity contribution is 5.91. The fourth-order valence-electron chi connectivity index (χ4n) is 1.49. The highest BCUT2D eigenvalue weighted by atomic mass is 16.3. The van der Waals surface area contributed by atoms with E-state index in [4.69, 9.17) is 5.11 Å². The first-order valence-corrected chi connectivity index (χ1v) is 5.21. The fourth-order valence-corrected chi connectivity index (χ4v) is 1.49. The Balaban J connectivity index is 2.16. The van der Waals surface area contributed by atoms with Crippen LogP contribution >= 0.6 is 0 Å². The lowest BCUT2D eigenvalue weighted by Crippen LogP contribution is -2.15. The summed E-state index contributed by atoms with van der Waals surface area (Å²) in [4.78, 5) is 14.9. The highest BCUT2D eigenvalue weighted by Gasteiger charge is 2.00. The molecule has 0 radical (unpaired) electrons. The van der Waals surface area contributed by atoms with Gasteiger partial charge in [0.1, 0.15) is 6.61 Å². The summed E-state index contributed by atoms with van der Waals surface area (Å²) in [6.45, 7) is -0.508. The number of pyridine rings is 1. The zero-order valence-corrected chi connectivity index (χ0v) is 9.13. The van der Waals surface area contributed by atoms with Crippen LogP contribution in [-0.2, 0) is 4.79 Å². The van der Waals surface area contributed by atoms with Gasteiger partial charge >= 0.3 is 0 Å². The number of carbonyl (C=O) groups excluding carboxylic acids is 1. The normalized spacial score (nSPS) is 9.94. The van der Waals surface area contributed by atoms with Crippen molar-refractivity contribution in [3.05, 3.63) is 48.8 Å². The number of aliphatic hydroxyl groups excluding tert-OH is 1. The van der Waals surface area contributed by atoms with Gasteiger partial charge in [0.25, 0.3) is 0 Å². The average Bonchev–Trinajstić information content (AvgIpc) is 2.40. The van der Waals surface area contributed by atoms with Crippen LogP contribution in [0.1, 0.15) is 0 Å². The van der Waals surface area contributed by atoms with E-state index >= 15 is 0 Å². The molecule has 1 aromatic carbocycles. The van der Waals surface area contributed by atoms with Crippen molar-refractivity contribution in [3.63, 3.8) is 0 Å². The minimum atomic E-state index is -0.508. The van der Waals surface area contributed by atoms with Crippen LogP contribution in [0.15, 0.2) is 48.8 Å². The Morgan fingerprint density at radius 2 is 1.65 bits per heavy atom. The first-order chi connectivity index (χ1) is 8.29. The van der Waals surface area contributed by atoms with Crippen molar-refractivity contribution in [2.24, 2.45) is 0 Å². The molecule has 1 heterocycles. The van der Waals surface area contributed by atoms with Crippen molar-refractivity contribution in [1.82, 2.24) is 4.98 Å². The molecular weight excluding hydrogens is 216 g/mol. The number of anilines is 1. The first kappa shape index (κ1) is 11.3. The molecule has 86 valence electrons. The summed E-state index contributed by atoms with van der Waals surface area (Å²) >= 11 is 0. The molecule has 0 aliphatic heterocycles. The second kappa shape index (κ2) is 5.23. The van der Waals surface area contributed by atoms with Gasteiger partial charge in [0.2, 0.25) is 5.91 Å². The summed E-state index contributed by atoms with van der Waals surface area (Å²) < 4.78 is 0. The second-order valence-electron chi connectivity index (χ2n) is 3.52. The van der Waals surface area contributed by atoms with Crippen LogP contribution in [0.5, 0.6) is 0 Å². The molecule has 0 fully saturated rings. The van der Waals surface area contributed by atoms with E-state index < -0.39 is 12.5 Å². The number of hydrogen-bond acceptors (Lipinski definition) is 3. The number of hydrogen-bond donors (Lipinski definition) is 2. The lowest BCUT2D eigenvalue weighted by molar-refractivity contribution is -0.118. The SMILES string of the molecule is O=C(CO)Nc1ccc(-c2ccncc2)cc1. The monoisotopic (exact) mass is 228 g/mol. The predicted molar refractivity (Wildman–Crippen MR) is 65.4 cm³/mol. The van der Waals surface area contributed by atoms with E-state index in [0.717, 1.165) is 11.1 Å². The Morgan fingerprint density at radius 1 is 1.06 bits per heavy atom. The summed E-state index contributed by atoms with van der Waals surface area (Å²) in [5.41, 5.74) is 2.79. The highest BCUT2D eigenvalue weighted by Crippen LogP contribution is 2.20. The van der Waals surface area contributed by atoms with Gasteiger partial charge in [0, 0.05) is 18.1 Å². The number of aromatic nitrogens is 1. The Morgan fingerprint density at radius 3 is 2.24 bits per heavy atom. The first-order valence-electron chi connectivity index (χ1n) is 5.21. The number of nitrogens with one attached hydrogen (secondary N) is 1. The molecule has 0 unspecified atom stereocenters. The van der Waals surface area contributed by atoms with E-state index in [1.807, 2.05) is 24.3 Å². The molecule has 2 aromatic rings. The van der Waals surface area contributed by atoms with Crippen molar-refractivity contribution in [2.75, 3.05) is 11.9 Å². The minimum absolute atomic E-state index is 0.415. The standard InChI is InChI=1S/C13H12N2O2/c16-9-13(17)15-12-3-1-10(2-4-12)11-5-7-14-8-6-11/h1-8,16H,9H2,(H,15,17). The van der Waals surface area contributed by atoms with E-state index in [1.54, 1.807) is 24.5 Å². The molecule has 0 bridgehead atoms. The predicted octanol–water partition coefficient (Wildman–Crippen LogP) is 1.68. The largest absolute Gasteiger partial charge is 0.387 e. The average molecular weight is 228 g/mol. The number of rotatable bonds is 3. The molecule has 0 spiro atoms. The Bertz CT molecular complexity index is 495. The zero-order valence-electron chi connectivity index (χ0n) is 9.13. The van der Waals surface area contributed by atoms with Crippen LogP contribution in [0, 0.1) is 0 Å². The zero-order chi connectivity index (χ0) is 12.1. The third kappa shape index (κ3) is 2.89. The van der Waals surface area contributed by atoms with Gasteiger partial charge in [-0.1, -0.05) is 12.1 Å². The summed E-state index contributed by atoms with van der Waals surface area (Å²) in [7, 11) is 0. The van der Waals surface area contributed by atoms with Crippen LogP contribution in [0.2, 0.25) is 0 Å². The molecule has 2 N–H and O–H groups in total. The Hall–Kier alpha value is -2.20. The smallest absolute Gasteiger partial charge is 0.250 e. The fraction of sp³-hybridized carbons (Fsp3) is 0.0769. The van der Waals surface area contributed by atoms with Crippen molar-refractivity contribution >= 4 is 11.6 Å². The molecule has 0 saturated heterocycles. The maximum Gasteiger partial charge on any atom is 0.250 e. The van der Waals surface area contributed by atoms with Gasteiger partial charge in [-0.2, -0.15) is 0 Å².